The number of piperazine rings is 1. The van der Waals surface area contributed by atoms with Crippen molar-refractivity contribution in [2.75, 3.05) is 37.6 Å². The second-order valence-electron chi connectivity index (χ2n) is 6.63. The van der Waals surface area contributed by atoms with Gasteiger partial charge in [-0.2, -0.15) is 0 Å². The molecule has 118 valence electrons. The van der Waals surface area contributed by atoms with E-state index in [1.807, 2.05) is 5.38 Å². The van der Waals surface area contributed by atoms with Gasteiger partial charge in [-0.3, -0.25) is 9.69 Å². The summed E-state index contributed by atoms with van der Waals surface area (Å²) in [6.07, 6.45) is 0. The highest BCUT2D eigenvalue weighted by Crippen LogP contribution is 2.29. The number of carbonyl (C=O) groups is 1. The van der Waals surface area contributed by atoms with E-state index < -0.39 is 11.4 Å². The van der Waals surface area contributed by atoms with E-state index in [-0.39, 0.29) is 0 Å². The van der Waals surface area contributed by atoms with Crippen LogP contribution < -0.4 is 4.90 Å². The molecule has 1 aromatic rings. The van der Waals surface area contributed by atoms with Gasteiger partial charge in [-0.25, -0.2) is 4.98 Å². The summed E-state index contributed by atoms with van der Waals surface area (Å²) < 4.78 is 0. The molecule has 1 aromatic heterocycles. The van der Waals surface area contributed by atoms with Crippen LogP contribution in [0.5, 0.6) is 0 Å². The predicted octanol–water partition coefficient (Wildman–Crippen LogP) is 2.28. The second kappa shape index (κ2) is 6.32. The van der Waals surface area contributed by atoms with Crippen LogP contribution in [-0.2, 0) is 10.2 Å². The fraction of sp³-hybridized carbons (Fsp3) is 0.733. The van der Waals surface area contributed by atoms with E-state index in [9.17, 15) is 9.90 Å². The Morgan fingerprint density at radius 2 is 2.00 bits per heavy atom. The third-order valence-corrected chi connectivity index (χ3v) is 4.83. The zero-order valence-electron chi connectivity index (χ0n) is 13.3. The molecule has 21 heavy (non-hydrogen) atoms. The summed E-state index contributed by atoms with van der Waals surface area (Å²) >= 11 is 1.55. The molecule has 5 nitrogen and oxygen atoms in total. The molecule has 1 aliphatic rings. The van der Waals surface area contributed by atoms with Gasteiger partial charge in [0.2, 0.25) is 0 Å². The number of nitrogens with zero attached hydrogens (tertiary/aromatic N) is 3. The summed E-state index contributed by atoms with van der Waals surface area (Å²) in [4.78, 5) is 20.6. The number of carboxylic acid groups (broad SMARTS) is 1. The zero-order valence-corrected chi connectivity index (χ0v) is 14.1. The van der Waals surface area contributed by atoms with Crippen molar-refractivity contribution in [3.05, 3.63) is 11.1 Å². The molecule has 0 bridgehead atoms. The average molecular weight is 311 g/mol. The van der Waals surface area contributed by atoms with Crippen LogP contribution in [0.25, 0.3) is 0 Å². The normalized spacial score (nSPS) is 17.5. The molecule has 0 aromatic carbocycles. The first-order valence-electron chi connectivity index (χ1n) is 7.47. The van der Waals surface area contributed by atoms with Crippen LogP contribution in [0, 0.1) is 5.92 Å². The molecule has 1 saturated heterocycles. The fourth-order valence-corrected chi connectivity index (χ4v) is 3.49. The monoisotopic (exact) mass is 311 g/mol. The lowest BCUT2D eigenvalue weighted by atomic mass is 9.90. The lowest BCUT2D eigenvalue weighted by Crippen LogP contribution is -2.47. The van der Waals surface area contributed by atoms with Gasteiger partial charge < -0.3 is 10.0 Å². The summed E-state index contributed by atoms with van der Waals surface area (Å²) in [5.41, 5.74) is -0.270. The van der Waals surface area contributed by atoms with Crippen molar-refractivity contribution in [2.45, 2.75) is 33.1 Å². The number of rotatable bonds is 5. The predicted molar refractivity (Wildman–Crippen MR) is 86.3 cm³/mol. The quantitative estimate of drug-likeness (QED) is 0.904. The second-order valence-corrected chi connectivity index (χ2v) is 7.46. The lowest BCUT2D eigenvalue weighted by Gasteiger charge is -2.35. The van der Waals surface area contributed by atoms with Crippen LogP contribution in [-0.4, -0.2) is 53.7 Å². The van der Waals surface area contributed by atoms with Crippen molar-refractivity contribution in [3.63, 3.8) is 0 Å². The molecule has 6 heteroatoms. The van der Waals surface area contributed by atoms with Crippen LogP contribution in [0.15, 0.2) is 5.38 Å². The van der Waals surface area contributed by atoms with Crippen molar-refractivity contribution in [1.29, 1.82) is 0 Å². The third-order valence-electron chi connectivity index (χ3n) is 3.93. The van der Waals surface area contributed by atoms with Crippen molar-refractivity contribution < 1.29 is 9.90 Å². The van der Waals surface area contributed by atoms with Gasteiger partial charge in [-0.05, 0) is 19.8 Å². The molecule has 1 aliphatic heterocycles. The van der Waals surface area contributed by atoms with E-state index in [1.54, 1.807) is 25.2 Å². The highest BCUT2D eigenvalue weighted by molar-refractivity contribution is 7.13. The van der Waals surface area contributed by atoms with Crippen LogP contribution in [0.3, 0.4) is 0 Å². The number of thiazole rings is 1. The molecule has 2 rings (SSSR count). The molecule has 0 atom stereocenters. The Balaban J connectivity index is 1.99. The first-order valence-corrected chi connectivity index (χ1v) is 8.35. The minimum Gasteiger partial charge on any atom is -0.481 e. The molecular weight excluding hydrogens is 286 g/mol. The van der Waals surface area contributed by atoms with Gasteiger partial charge >= 0.3 is 5.97 Å². The lowest BCUT2D eigenvalue weighted by molar-refractivity contribution is -0.142. The first kappa shape index (κ1) is 16.2. The summed E-state index contributed by atoms with van der Waals surface area (Å²) in [5, 5.41) is 12.1. The number of anilines is 1. The minimum atomic E-state index is -0.922. The van der Waals surface area contributed by atoms with Gasteiger partial charge in [-0.15, -0.1) is 11.3 Å². The van der Waals surface area contributed by atoms with E-state index in [2.05, 4.69) is 28.6 Å². The number of hydrogen-bond acceptors (Lipinski definition) is 5. The fourth-order valence-electron chi connectivity index (χ4n) is 2.44. The van der Waals surface area contributed by atoms with Crippen LogP contribution >= 0.6 is 11.3 Å². The Morgan fingerprint density at radius 3 is 2.52 bits per heavy atom. The van der Waals surface area contributed by atoms with Crippen molar-refractivity contribution >= 4 is 22.4 Å². The molecule has 1 fully saturated rings. The molecule has 0 amide bonds. The smallest absolute Gasteiger partial charge is 0.315 e. The molecule has 0 unspecified atom stereocenters. The van der Waals surface area contributed by atoms with E-state index >= 15 is 0 Å². The Labute approximate surface area is 130 Å². The van der Waals surface area contributed by atoms with Crippen molar-refractivity contribution in [1.82, 2.24) is 9.88 Å². The van der Waals surface area contributed by atoms with Crippen LogP contribution in [0.1, 0.15) is 33.4 Å². The average Bonchev–Trinajstić information content (AvgIpc) is 2.89. The van der Waals surface area contributed by atoms with Crippen molar-refractivity contribution in [2.24, 2.45) is 5.92 Å². The SMILES string of the molecule is CC(C)CN1CCN(c2nc(C(C)(C)C(=O)O)cs2)CC1. The molecule has 1 N–H and O–H groups in total. The Hall–Kier alpha value is -1.14. The van der Waals surface area contributed by atoms with E-state index in [0.29, 0.717) is 11.6 Å². The summed E-state index contributed by atoms with van der Waals surface area (Å²) in [6.45, 7) is 13.1. The van der Waals surface area contributed by atoms with E-state index in [1.165, 1.54) is 0 Å². The molecule has 2 heterocycles. The molecular formula is C15H25N3O2S. The maximum atomic E-state index is 11.3. The molecule has 0 radical (unpaired) electrons. The van der Waals surface area contributed by atoms with Gasteiger partial charge in [0.25, 0.3) is 0 Å². The number of aromatic nitrogens is 1. The van der Waals surface area contributed by atoms with Gasteiger partial charge in [0.05, 0.1) is 5.69 Å². The maximum Gasteiger partial charge on any atom is 0.315 e. The van der Waals surface area contributed by atoms with Gasteiger partial charge in [0.15, 0.2) is 5.13 Å². The van der Waals surface area contributed by atoms with Crippen LogP contribution in [0.2, 0.25) is 0 Å². The molecule has 0 saturated carbocycles. The highest BCUT2D eigenvalue weighted by atomic mass is 32.1. The number of carboxylic acids is 1. The maximum absolute atomic E-state index is 11.3. The van der Waals surface area contributed by atoms with Crippen molar-refractivity contribution in [3.8, 4) is 0 Å². The molecule has 0 aliphatic carbocycles. The van der Waals surface area contributed by atoms with Gasteiger partial charge in [0.1, 0.15) is 5.41 Å². The van der Waals surface area contributed by atoms with Gasteiger partial charge in [0, 0.05) is 38.1 Å². The zero-order chi connectivity index (χ0) is 15.6. The third kappa shape index (κ3) is 3.74. The Morgan fingerprint density at radius 1 is 1.38 bits per heavy atom. The standard InChI is InChI=1S/C15H25N3O2S/c1-11(2)9-17-5-7-18(8-6-17)14-16-12(10-21-14)15(3,4)13(19)20/h10-11H,5-9H2,1-4H3,(H,19,20). The topological polar surface area (TPSA) is 56.7 Å². The van der Waals surface area contributed by atoms with E-state index in [4.69, 9.17) is 0 Å². The van der Waals surface area contributed by atoms with Gasteiger partial charge in [-0.1, -0.05) is 13.8 Å². The summed E-state index contributed by atoms with van der Waals surface area (Å²) in [6, 6.07) is 0. The first-order chi connectivity index (χ1) is 9.80. The minimum absolute atomic E-state index is 0.652. The highest BCUT2D eigenvalue weighted by Gasteiger charge is 2.33. The Bertz CT molecular complexity index is 491. The number of hydrogen-bond donors (Lipinski definition) is 1. The van der Waals surface area contributed by atoms with E-state index in [0.717, 1.165) is 37.9 Å². The summed E-state index contributed by atoms with van der Waals surface area (Å²) in [7, 11) is 0. The Kier molecular flexibility index (Phi) is 4.88. The number of aliphatic carboxylic acids is 1. The largest absolute Gasteiger partial charge is 0.481 e. The van der Waals surface area contributed by atoms with Crippen LogP contribution in [0.4, 0.5) is 5.13 Å². The summed E-state index contributed by atoms with van der Waals surface area (Å²) in [5.74, 6) is -0.138. The molecule has 0 spiro atoms.